The molecule has 0 aliphatic heterocycles. The number of benzene rings is 1. The Hall–Kier alpha value is -1.74. The quantitative estimate of drug-likeness (QED) is 0.898. The molecule has 1 unspecified atom stereocenters. The lowest BCUT2D eigenvalue weighted by molar-refractivity contribution is 0.490. The lowest BCUT2D eigenvalue weighted by Crippen LogP contribution is -2.22. The molecule has 2 nitrogen and oxygen atoms in total. The number of hydrogen-bond donors (Lipinski definition) is 1. The highest BCUT2D eigenvalue weighted by Crippen LogP contribution is 2.19. The van der Waals surface area contributed by atoms with Crippen molar-refractivity contribution in [1.82, 2.24) is 10.3 Å². The second-order valence-electron chi connectivity index (χ2n) is 4.96. The van der Waals surface area contributed by atoms with Crippen molar-refractivity contribution in [3.05, 3.63) is 65.2 Å². The first kappa shape index (κ1) is 13.7. The summed E-state index contributed by atoms with van der Waals surface area (Å²) in [6, 6.07) is 10.2. The molecule has 0 radical (unpaired) electrons. The summed E-state index contributed by atoms with van der Waals surface area (Å²) in [4.78, 5) is 3.88. The Morgan fingerprint density at radius 3 is 2.26 bits per heavy atom. The molecule has 2 atom stereocenters. The zero-order chi connectivity index (χ0) is 13.8. The SMILES string of the molecule is Cc1ccc([C@H](C)NC(C)c2cncc(F)c2)cc1. The molecule has 1 N–H and O–H groups in total. The van der Waals surface area contributed by atoms with E-state index in [9.17, 15) is 4.39 Å². The van der Waals surface area contributed by atoms with Crippen molar-refractivity contribution in [1.29, 1.82) is 0 Å². The molecule has 0 amide bonds. The lowest BCUT2D eigenvalue weighted by atomic mass is 10.0. The molecule has 0 aliphatic rings. The number of nitrogens with zero attached hydrogens (tertiary/aromatic N) is 1. The molecule has 19 heavy (non-hydrogen) atoms. The average molecular weight is 258 g/mol. The van der Waals surface area contributed by atoms with Gasteiger partial charge in [0.1, 0.15) is 5.82 Å². The van der Waals surface area contributed by atoms with Crippen LogP contribution in [0.3, 0.4) is 0 Å². The number of aryl methyl sites for hydroxylation is 1. The van der Waals surface area contributed by atoms with E-state index in [1.54, 1.807) is 6.20 Å². The summed E-state index contributed by atoms with van der Waals surface area (Å²) >= 11 is 0. The normalized spacial score (nSPS) is 14.1. The highest BCUT2D eigenvalue weighted by atomic mass is 19.1. The molecule has 1 aromatic carbocycles. The maximum atomic E-state index is 13.1. The second-order valence-corrected chi connectivity index (χ2v) is 4.96. The molecule has 0 saturated heterocycles. The molecule has 2 rings (SSSR count). The van der Waals surface area contributed by atoms with E-state index < -0.39 is 0 Å². The van der Waals surface area contributed by atoms with Crippen LogP contribution < -0.4 is 5.32 Å². The number of aromatic nitrogens is 1. The zero-order valence-electron chi connectivity index (χ0n) is 11.5. The van der Waals surface area contributed by atoms with Crippen LogP contribution in [0.25, 0.3) is 0 Å². The van der Waals surface area contributed by atoms with E-state index in [1.165, 1.54) is 23.4 Å². The van der Waals surface area contributed by atoms with Gasteiger partial charge < -0.3 is 5.32 Å². The van der Waals surface area contributed by atoms with Crippen molar-refractivity contribution in [2.75, 3.05) is 0 Å². The van der Waals surface area contributed by atoms with Crippen LogP contribution >= 0.6 is 0 Å². The zero-order valence-corrected chi connectivity index (χ0v) is 11.5. The third-order valence-corrected chi connectivity index (χ3v) is 3.30. The number of pyridine rings is 1. The smallest absolute Gasteiger partial charge is 0.141 e. The van der Waals surface area contributed by atoms with Gasteiger partial charge in [0.25, 0.3) is 0 Å². The van der Waals surface area contributed by atoms with Crippen LogP contribution in [0.1, 0.15) is 42.6 Å². The summed E-state index contributed by atoms with van der Waals surface area (Å²) in [6.45, 7) is 6.19. The van der Waals surface area contributed by atoms with Gasteiger partial charge in [-0.05, 0) is 38.0 Å². The standard InChI is InChI=1S/C16H19FN2/c1-11-4-6-14(7-5-11)12(2)19-13(3)15-8-16(17)10-18-9-15/h4-10,12-13,19H,1-3H3/t12-,13?/m0/s1. The van der Waals surface area contributed by atoms with Gasteiger partial charge in [0.2, 0.25) is 0 Å². The molecular weight excluding hydrogens is 239 g/mol. The number of rotatable bonds is 4. The van der Waals surface area contributed by atoms with E-state index in [-0.39, 0.29) is 17.9 Å². The molecule has 2 aromatic rings. The Morgan fingerprint density at radius 1 is 1.00 bits per heavy atom. The Morgan fingerprint density at radius 2 is 1.63 bits per heavy atom. The van der Waals surface area contributed by atoms with Gasteiger partial charge in [-0.3, -0.25) is 4.98 Å². The van der Waals surface area contributed by atoms with E-state index >= 15 is 0 Å². The average Bonchev–Trinajstić information content (AvgIpc) is 2.39. The van der Waals surface area contributed by atoms with Crippen LogP contribution in [-0.4, -0.2) is 4.98 Å². The van der Waals surface area contributed by atoms with E-state index in [4.69, 9.17) is 0 Å². The Balaban J connectivity index is 2.06. The van der Waals surface area contributed by atoms with Gasteiger partial charge in [0.15, 0.2) is 0 Å². The fourth-order valence-corrected chi connectivity index (χ4v) is 2.09. The van der Waals surface area contributed by atoms with Crippen molar-refractivity contribution >= 4 is 0 Å². The van der Waals surface area contributed by atoms with E-state index in [2.05, 4.69) is 48.4 Å². The molecule has 0 spiro atoms. The summed E-state index contributed by atoms with van der Waals surface area (Å²) in [7, 11) is 0. The monoisotopic (exact) mass is 258 g/mol. The molecule has 100 valence electrons. The van der Waals surface area contributed by atoms with E-state index in [0.29, 0.717) is 0 Å². The summed E-state index contributed by atoms with van der Waals surface area (Å²) in [5.41, 5.74) is 3.33. The minimum Gasteiger partial charge on any atom is -0.304 e. The van der Waals surface area contributed by atoms with Crippen molar-refractivity contribution in [3.8, 4) is 0 Å². The minimum absolute atomic E-state index is 0.0551. The van der Waals surface area contributed by atoms with Crippen molar-refractivity contribution in [2.45, 2.75) is 32.9 Å². The Kier molecular flexibility index (Phi) is 4.27. The summed E-state index contributed by atoms with van der Waals surface area (Å²) < 4.78 is 13.1. The molecular formula is C16H19FN2. The third kappa shape index (κ3) is 3.61. The van der Waals surface area contributed by atoms with E-state index in [1.807, 2.05) is 6.92 Å². The van der Waals surface area contributed by atoms with Gasteiger partial charge in [0.05, 0.1) is 6.20 Å². The van der Waals surface area contributed by atoms with Gasteiger partial charge >= 0.3 is 0 Å². The van der Waals surface area contributed by atoms with Gasteiger partial charge in [0, 0.05) is 18.3 Å². The molecule has 0 fully saturated rings. The highest BCUT2D eigenvalue weighted by molar-refractivity contribution is 5.24. The van der Waals surface area contributed by atoms with Crippen LogP contribution in [-0.2, 0) is 0 Å². The second kappa shape index (κ2) is 5.93. The fourth-order valence-electron chi connectivity index (χ4n) is 2.09. The van der Waals surface area contributed by atoms with Crippen LogP contribution in [0.4, 0.5) is 4.39 Å². The van der Waals surface area contributed by atoms with Crippen molar-refractivity contribution in [2.24, 2.45) is 0 Å². The van der Waals surface area contributed by atoms with Crippen molar-refractivity contribution < 1.29 is 4.39 Å². The van der Waals surface area contributed by atoms with Gasteiger partial charge in [-0.1, -0.05) is 29.8 Å². The molecule has 1 aromatic heterocycles. The number of hydrogen-bond acceptors (Lipinski definition) is 2. The van der Waals surface area contributed by atoms with Gasteiger partial charge in [-0.15, -0.1) is 0 Å². The molecule has 1 heterocycles. The summed E-state index contributed by atoms with van der Waals surface area (Å²) in [5.74, 6) is -0.297. The topological polar surface area (TPSA) is 24.9 Å². The maximum absolute atomic E-state index is 13.1. The number of nitrogens with one attached hydrogen (secondary N) is 1. The van der Waals surface area contributed by atoms with Gasteiger partial charge in [-0.2, -0.15) is 0 Å². The Bertz CT molecular complexity index is 537. The van der Waals surface area contributed by atoms with E-state index in [0.717, 1.165) is 5.56 Å². The minimum atomic E-state index is -0.297. The first-order chi connectivity index (χ1) is 9.06. The Labute approximate surface area is 113 Å². The molecule has 0 aliphatic carbocycles. The van der Waals surface area contributed by atoms with Crippen LogP contribution in [0, 0.1) is 12.7 Å². The lowest BCUT2D eigenvalue weighted by Gasteiger charge is -2.20. The first-order valence-corrected chi connectivity index (χ1v) is 6.49. The van der Waals surface area contributed by atoms with Crippen molar-refractivity contribution in [3.63, 3.8) is 0 Å². The molecule has 0 saturated carbocycles. The number of halogens is 1. The summed E-state index contributed by atoms with van der Waals surface area (Å²) in [5, 5.41) is 3.45. The van der Waals surface area contributed by atoms with Crippen LogP contribution in [0.2, 0.25) is 0 Å². The highest BCUT2D eigenvalue weighted by Gasteiger charge is 2.11. The maximum Gasteiger partial charge on any atom is 0.141 e. The fraction of sp³-hybridized carbons (Fsp3) is 0.312. The van der Waals surface area contributed by atoms with Crippen LogP contribution in [0.15, 0.2) is 42.7 Å². The summed E-state index contributed by atoms with van der Waals surface area (Å²) in [6.07, 6.45) is 2.92. The predicted octanol–water partition coefficient (Wildman–Crippen LogP) is 3.94. The van der Waals surface area contributed by atoms with Gasteiger partial charge in [-0.25, -0.2) is 4.39 Å². The predicted molar refractivity (Wildman–Crippen MR) is 75.3 cm³/mol. The largest absolute Gasteiger partial charge is 0.304 e. The molecule has 3 heteroatoms. The van der Waals surface area contributed by atoms with Crippen LogP contribution in [0.5, 0.6) is 0 Å². The molecule has 0 bridgehead atoms. The first-order valence-electron chi connectivity index (χ1n) is 6.49. The third-order valence-electron chi connectivity index (χ3n) is 3.30.